The number of benzene rings is 1. The molecular formula is C18H25BrClN3O2. The molecule has 0 radical (unpaired) electrons. The van der Waals surface area contributed by atoms with Crippen LogP contribution in [-0.2, 0) is 4.74 Å². The van der Waals surface area contributed by atoms with Gasteiger partial charge in [0.05, 0.1) is 17.9 Å². The Labute approximate surface area is 163 Å². The van der Waals surface area contributed by atoms with Crippen molar-refractivity contribution in [2.24, 2.45) is 0 Å². The summed E-state index contributed by atoms with van der Waals surface area (Å²) in [6.07, 6.45) is 0. The molecule has 0 saturated heterocycles. The number of nitrogens with one attached hydrogen (secondary N) is 2. The van der Waals surface area contributed by atoms with Crippen LogP contribution in [0.15, 0.2) is 34.8 Å². The Morgan fingerprint density at radius 2 is 1.92 bits per heavy atom. The van der Waals surface area contributed by atoms with Gasteiger partial charge in [-0.2, -0.15) is 0 Å². The Morgan fingerprint density at radius 3 is 2.60 bits per heavy atom. The number of carbonyl (C=O) groups is 1. The fourth-order valence-electron chi connectivity index (χ4n) is 2.66. The normalized spacial score (nSPS) is 10.4. The number of hydrogen-bond acceptors (Lipinski definition) is 3. The van der Waals surface area contributed by atoms with Gasteiger partial charge in [-0.3, -0.25) is 4.79 Å². The molecule has 138 valence electrons. The van der Waals surface area contributed by atoms with Crippen LogP contribution in [0.5, 0.6) is 0 Å². The van der Waals surface area contributed by atoms with Crippen molar-refractivity contribution < 1.29 is 9.53 Å². The van der Waals surface area contributed by atoms with Gasteiger partial charge in [0, 0.05) is 42.6 Å². The fraction of sp³-hybridized carbons (Fsp3) is 0.389. The molecule has 0 atom stereocenters. The molecule has 2 N–H and O–H groups in total. The Morgan fingerprint density at radius 1 is 1.20 bits per heavy atom. The van der Waals surface area contributed by atoms with Crippen LogP contribution in [0.4, 0.5) is 0 Å². The van der Waals surface area contributed by atoms with Crippen LogP contribution in [0.1, 0.15) is 21.7 Å². The minimum Gasteiger partial charge on any atom is -0.383 e. The van der Waals surface area contributed by atoms with Crippen LogP contribution in [-0.4, -0.2) is 43.8 Å². The maximum atomic E-state index is 12.4. The second-order valence-corrected chi connectivity index (χ2v) is 6.42. The van der Waals surface area contributed by atoms with Gasteiger partial charge in [0.25, 0.3) is 5.91 Å². The summed E-state index contributed by atoms with van der Waals surface area (Å²) < 4.78 is 8.06. The first kappa shape index (κ1) is 21.7. The molecule has 1 aromatic heterocycles. The third-order valence-corrected chi connectivity index (χ3v) is 4.51. The van der Waals surface area contributed by atoms with Crippen LogP contribution in [0.25, 0.3) is 5.69 Å². The molecule has 1 aromatic carbocycles. The summed E-state index contributed by atoms with van der Waals surface area (Å²) in [6, 6.07) is 9.93. The molecule has 25 heavy (non-hydrogen) atoms. The molecule has 0 aliphatic carbocycles. The van der Waals surface area contributed by atoms with Crippen molar-refractivity contribution in [1.29, 1.82) is 0 Å². The van der Waals surface area contributed by atoms with Crippen molar-refractivity contribution in [3.8, 4) is 5.69 Å². The Hall–Kier alpha value is -1.34. The Bertz CT molecular complexity index is 704. The smallest absolute Gasteiger partial charge is 0.253 e. The number of methoxy groups -OCH3 is 1. The number of carbonyl (C=O) groups excluding carboxylic acids is 1. The highest BCUT2D eigenvalue weighted by Gasteiger charge is 2.17. The minimum atomic E-state index is -0.0463. The lowest BCUT2D eigenvalue weighted by Gasteiger charge is -2.12. The van der Waals surface area contributed by atoms with Gasteiger partial charge in [0.15, 0.2) is 0 Å². The molecule has 1 amide bonds. The van der Waals surface area contributed by atoms with E-state index in [1.54, 1.807) is 7.11 Å². The zero-order valence-electron chi connectivity index (χ0n) is 14.8. The molecule has 0 bridgehead atoms. The maximum Gasteiger partial charge on any atom is 0.253 e. The molecular weight excluding hydrogens is 406 g/mol. The first-order valence-electron chi connectivity index (χ1n) is 7.98. The fourth-order valence-corrected chi connectivity index (χ4v) is 3.12. The summed E-state index contributed by atoms with van der Waals surface area (Å²) in [6.45, 7) is 6.73. The van der Waals surface area contributed by atoms with E-state index in [9.17, 15) is 4.79 Å². The Kier molecular flexibility index (Phi) is 9.21. The maximum absolute atomic E-state index is 12.4. The van der Waals surface area contributed by atoms with Gasteiger partial charge in [-0.05, 0) is 48.0 Å². The number of nitrogens with zero attached hydrogens (tertiary/aromatic N) is 1. The number of ether oxygens (including phenoxy) is 1. The summed E-state index contributed by atoms with van der Waals surface area (Å²) in [5.74, 6) is -0.0463. The summed E-state index contributed by atoms with van der Waals surface area (Å²) in [5.41, 5.74) is 3.71. The molecule has 7 heteroatoms. The number of halogens is 2. The average molecular weight is 431 g/mol. The first-order chi connectivity index (χ1) is 11.6. The molecule has 1 heterocycles. The predicted molar refractivity (Wildman–Crippen MR) is 107 cm³/mol. The van der Waals surface area contributed by atoms with Crippen LogP contribution in [0, 0.1) is 13.8 Å². The van der Waals surface area contributed by atoms with Gasteiger partial charge in [0.1, 0.15) is 0 Å². The highest BCUT2D eigenvalue weighted by atomic mass is 79.9. The van der Waals surface area contributed by atoms with E-state index in [0.717, 1.165) is 34.6 Å². The topological polar surface area (TPSA) is 55.3 Å². The van der Waals surface area contributed by atoms with Crippen molar-refractivity contribution in [2.45, 2.75) is 13.8 Å². The lowest BCUT2D eigenvalue weighted by atomic mass is 10.2. The minimum absolute atomic E-state index is 0. The number of amides is 1. The van der Waals surface area contributed by atoms with Crippen LogP contribution in [0.3, 0.4) is 0 Å². The second kappa shape index (κ2) is 10.6. The van der Waals surface area contributed by atoms with E-state index in [2.05, 4.69) is 31.1 Å². The highest BCUT2D eigenvalue weighted by molar-refractivity contribution is 9.10. The highest BCUT2D eigenvalue weighted by Crippen LogP contribution is 2.26. The molecule has 0 unspecified atom stereocenters. The van der Waals surface area contributed by atoms with Gasteiger partial charge < -0.3 is 19.9 Å². The van der Waals surface area contributed by atoms with Gasteiger partial charge in [0.2, 0.25) is 0 Å². The Balaban J connectivity index is 0.00000312. The van der Waals surface area contributed by atoms with E-state index in [1.165, 1.54) is 0 Å². The van der Waals surface area contributed by atoms with Crippen molar-refractivity contribution in [3.63, 3.8) is 0 Å². The standard InChI is InChI=1S/C18H24BrN3O2.ClH/c1-13-12-15(18(23)21-9-8-20-10-11-24-3)14(2)22(13)17-7-5-4-6-16(17)19;/h4-7,12,20H,8-11H2,1-3H3,(H,21,23);1H. The number of rotatable bonds is 8. The van der Waals surface area contributed by atoms with Crippen molar-refractivity contribution in [3.05, 3.63) is 51.8 Å². The summed E-state index contributed by atoms with van der Waals surface area (Å²) >= 11 is 3.58. The molecule has 2 rings (SSSR count). The molecule has 0 aliphatic rings. The summed E-state index contributed by atoms with van der Waals surface area (Å²) in [4.78, 5) is 12.4. The van der Waals surface area contributed by atoms with E-state index in [1.807, 2.05) is 44.2 Å². The number of para-hydroxylation sites is 1. The summed E-state index contributed by atoms with van der Waals surface area (Å²) in [5, 5.41) is 6.16. The quantitative estimate of drug-likeness (QED) is 0.632. The average Bonchev–Trinajstić information content (AvgIpc) is 2.86. The lowest BCUT2D eigenvalue weighted by Crippen LogP contribution is -2.33. The monoisotopic (exact) mass is 429 g/mol. The van der Waals surface area contributed by atoms with Gasteiger partial charge in [-0.1, -0.05) is 12.1 Å². The zero-order valence-corrected chi connectivity index (χ0v) is 17.2. The lowest BCUT2D eigenvalue weighted by molar-refractivity contribution is 0.0953. The molecule has 2 aromatic rings. The molecule has 5 nitrogen and oxygen atoms in total. The van der Waals surface area contributed by atoms with Crippen molar-refractivity contribution >= 4 is 34.2 Å². The van der Waals surface area contributed by atoms with Gasteiger partial charge in [-0.15, -0.1) is 12.4 Å². The molecule has 0 saturated carbocycles. The van der Waals surface area contributed by atoms with Crippen LogP contribution >= 0.6 is 28.3 Å². The van der Waals surface area contributed by atoms with E-state index >= 15 is 0 Å². The summed E-state index contributed by atoms with van der Waals surface area (Å²) in [7, 11) is 1.67. The number of aromatic nitrogens is 1. The van der Waals surface area contributed by atoms with Crippen LogP contribution in [0.2, 0.25) is 0 Å². The van der Waals surface area contributed by atoms with E-state index in [-0.39, 0.29) is 18.3 Å². The third-order valence-electron chi connectivity index (χ3n) is 3.84. The zero-order chi connectivity index (χ0) is 17.5. The van der Waals surface area contributed by atoms with Crippen molar-refractivity contribution in [2.75, 3.05) is 33.4 Å². The van der Waals surface area contributed by atoms with E-state index in [0.29, 0.717) is 18.7 Å². The predicted octanol–water partition coefficient (Wildman–Crippen LogP) is 3.24. The number of aryl methyl sites for hydroxylation is 1. The largest absolute Gasteiger partial charge is 0.383 e. The molecule has 0 spiro atoms. The molecule has 0 aliphatic heterocycles. The van der Waals surface area contributed by atoms with E-state index < -0.39 is 0 Å². The van der Waals surface area contributed by atoms with E-state index in [4.69, 9.17) is 4.74 Å². The SMILES string of the molecule is COCCNCCNC(=O)c1cc(C)n(-c2ccccc2Br)c1C.Cl. The van der Waals surface area contributed by atoms with Gasteiger partial charge >= 0.3 is 0 Å². The van der Waals surface area contributed by atoms with Crippen LogP contribution < -0.4 is 10.6 Å². The third kappa shape index (κ3) is 5.57. The second-order valence-electron chi connectivity index (χ2n) is 5.57. The number of hydrogen-bond donors (Lipinski definition) is 2. The van der Waals surface area contributed by atoms with Crippen molar-refractivity contribution in [1.82, 2.24) is 15.2 Å². The van der Waals surface area contributed by atoms with Gasteiger partial charge in [-0.25, -0.2) is 0 Å². The molecule has 0 fully saturated rings. The first-order valence-corrected chi connectivity index (χ1v) is 8.77.